The van der Waals surface area contributed by atoms with Gasteiger partial charge in [0.25, 0.3) is 0 Å². The van der Waals surface area contributed by atoms with Crippen LogP contribution in [-0.4, -0.2) is 44.4 Å². The van der Waals surface area contributed by atoms with E-state index in [1.54, 1.807) is 44.6 Å². The Morgan fingerprint density at radius 1 is 1.11 bits per heavy atom. The third kappa shape index (κ3) is 8.44. The highest BCUT2D eigenvalue weighted by atomic mass is 35.5. The number of benzene rings is 2. The van der Waals surface area contributed by atoms with Gasteiger partial charge in [-0.05, 0) is 42.5 Å². The molecule has 0 spiro atoms. The zero-order valence-electron chi connectivity index (χ0n) is 15.3. The van der Waals surface area contributed by atoms with Crippen LogP contribution in [0.25, 0.3) is 0 Å². The fourth-order valence-electron chi connectivity index (χ4n) is 1.95. The van der Waals surface area contributed by atoms with Gasteiger partial charge in [0.05, 0.1) is 0 Å². The quantitative estimate of drug-likeness (QED) is 0.419. The van der Waals surface area contributed by atoms with Gasteiger partial charge in [-0.3, -0.25) is 4.79 Å². The van der Waals surface area contributed by atoms with Gasteiger partial charge in [0, 0.05) is 38.4 Å². The maximum absolute atomic E-state index is 11.2. The van der Waals surface area contributed by atoms with Crippen LogP contribution in [0.2, 0.25) is 5.02 Å². The third-order valence-electron chi connectivity index (χ3n) is 2.98. The number of anilines is 1. The number of halogens is 1. The van der Waals surface area contributed by atoms with Crippen molar-refractivity contribution in [1.29, 1.82) is 0 Å². The average Bonchev–Trinajstić information content (AvgIpc) is 2.61. The molecule has 27 heavy (non-hydrogen) atoms. The maximum atomic E-state index is 11.2. The zero-order chi connectivity index (χ0) is 20.2. The second-order valence-electron chi connectivity index (χ2n) is 5.25. The highest BCUT2D eigenvalue weighted by Crippen LogP contribution is 2.23. The zero-order valence-corrected chi connectivity index (χ0v) is 16.1. The van der Waals surface area contributed by atoms with Crippen LogP contribution in [0.4, 0.5) is 5.69 Å². The minimum absolute atomic E-state index is 0.0120. The van der Waals surface area contributed by atoms with Gasteiger partial charge in [-0.15, -0.1) is 0 Å². The normalized spacial score (nSPS) is 9.63. The number of nitrogens with one attached hydrogen (secondary N) is 1. The van der Waals surface area contributed by atoms with Gasteiger partial charge < -0.3 is 24.6 Å². The molecule has 0 bridgehead atoms. The number of aromatic carboxylic acids is 1. The average molecular weight is 396 g/mol. The molecule has 0 heterocycles. The van der Waals surface area contributed by atoms with Crippen molar-refractivity contribution in [3.05, 3.63) is 53.1 Å². The molecule has 7 nitrogen and oxygen atoms in total. The number of carboxylic acid groups (broad SMARTS) is 1. The van der Waals surface area contributed by atoms with E-state index < -0.39 is 11.9 Å². The number of hydrogen-bond acceptors (Lipinski definition) is 6. The Morgan fingerprint density at radius 3 is 2.30 bits per heavy atom. The first-order chi connectivity index (χ1) is 12.9. The molecule has 0 saturated carbocycles. The highest BCUT2D eigenvalue weighted by molar-refractivity contribution is 6.30. The second-order valence-corrected chi connectivity index (χ2v) is 5.68. The van der Waals surface area contributed by atoms with Crippen molar-refractivity contribution in [2.24, 2.45) is 0 Å². The van der Waals surface area contributed by atoms with Gasteiger partial charge in [0.1, 0.15) is 23.7 Å². The smallest absolute Gasteiger partial charge is 0.339 e. The molecule has 8 heteroatoms. The van der Waals surface area contributed by atoms with E-state index in [1.807, 2.05) is 0 Å². The van der Waals surface area contributed by atoms with E-state index >= 15 is 0 Å². The van der Waals surface area contributed by atoms with Crippen LogP contribution in [-0.2, 0) is 9.53 Å². The Labute approximate surface area is 162 Å². The molecular formula is C19H22ClNO6. The van der Waals surface area contributed by atoms with Crippen LogP contribution in [0.5, 0.6) is 11.5 Å². The van der Waals surface area contributed by atoms with Crippen molar-refractivity contribution in [3.63, 3.8) is 0 Å². The molecule has 2 aromatic carbocycles. The first-order valence-corrected chi connectivity index (χ1v) is 8.33. The van der Waals surface area contributed by atoms with Crippen molar-refractivity contribution in [2.75, 3.05) is 32.7 Å². The van der Waals surface area contributed by atoms with E-state index in [0.717, 1.165) is 0 Å². The summed E-state index contributed by atoms with van der Waals surface area (Å²) >= 11 is 5.79. The van der Waals surface area contributed by atoms with Crippen LogP contribution in [0.1, 0.15) is 17.3 Å². The topological polar surface area (TPSA) is 94.1 Å². The van der Waals surface area contributed by atoms with Crippen LogP contribution in [0, 0.1) is 0 Å². The lowest BCUT2D eigenvalue weighted by Gasteiger charge is -2.11. The number of hydrogen-bond donors (Lipinski definition) is 2. The van der Waals surface area contributed by atoms with Gasteiger partial charge in [-0.25, -0.2) is 4.79 Å². The molecule has 2 aromatic rings. The van der Waals surface area contributed by atoms with E-state index in [1.165, 1.54) is 19.1 Å². The Bertz CT molecular complexity index is 748. The molecule has 0 aromatic heterocycles. The summed E-state index contributed by atoms with van der Waals surface area (Å²) in [5.74, 6) is -1.04. The number of carbonyl (C=O) groups excluding carboxylic acids is 1. The second kappa shape index (κ2) is 11.8. The Morgan fingerprint density at radius 2 is 1.74 bits per heavy atom. The van der Waals surface area contributed by atoms with Crippen LogP contribution in [0.15, 0.2) is 42.5 Å². The molecular weight excluding hydrogens is 374 g/mol. The van der Waals surface area contributed by atoms with Crippen LogP contribution < -0.4 is 14.8 Å². The van der Waals surface area contributed by atoms with E-state index in [9.17, 15) is 14.7 Å². The van der Waals surface area contributed by atoms with Crippen molar-refractivity contribution >= 4 is 29.2 Å². The van der Waals surface area contributed by atoms with Crippen molar-refractivity contribution in [1.82, 2.24) is 0 Å². The SMILES string of the molecule is CC(=O)Oc1ccc(NCCOc2ccc(Cl)cc2)cc1C(=O)O.COC. The monoisotopic (exact) mass is 395 g/mol. The standard InChI is InChI=1S/C17H16ClNO5.C2H6O/c1-11(20)24-16-7-4-13(10-15(16)17(21)22)19-8-9-23-14-5-2-12(18)3-6-14;1-3-2/h2-7,10,19H,8-9H2,1H3,(H,21,22);1-2H3. The molecule has 0 atom stereocenters. The summed E-state index contributed by atoms with van der Waals surface area (Å²) in [5.41, 5.74) is 0.497. The Balaban J connectivity index is 0.00000114. The fourth-order valence-corrected chi connectivity index (χ4v) is 2.07. The summed E-state index contributed by atoms with van der Waals surface area (Å²) in [6, 6.07) is 11.5. The molecule has 2 N–H and O–H groups in total. The van der Waals surface area contributed by atoms with Crippen LogP contribution >= 0.6 is 11.6 Å². The summed E-state index contributed by atoms with van der Waals surface area (Å²) in [7, 11) is 3.25. The lowest BCUT2D eigenvalue weighted by Crippen LogP contribution is -2.13. The fraction of sp³-hybridized carbons (Fsp3) is 0.263. The lowest BCUT2D eigenvalue weighted by atomic mass is 10.1. The van der Waals surface area contributed by atoms with Crippen molar-refractivity contribution in [3.8, 4) is 11.5 Å². The Kier molecular flexibility index (Phi) is 9.71. The van der Waals surface area contributed by atoms with Crippen molar-refractivity contribution in [2.45, 2.75) is 6.92 Å². The number of carboxylic acids is 1. The number of methoxy groups -OCH3 is 1. The van der Waals surface area contributed by atoms with Gasteiger partial charge in [0.2, 0.25) is 0 Å². The number of esters is 1. The predicted molar refractivity (Wildman–Crippen MR) is 103 cm³/mol. The van der Waals surface area contributed by atoms with Gasteiger partial charge in [0.15, 0.2) is 0 Å². The molecule has 0 amide bonds. The molecule has 0 fully saturated rings. The number of rotatable bonds is 7. The van der Waals surface area contributed by atoms with Gasteiger partial charge in [-0.2, -0.15) is 0 Å². The van der Waals surface area contributed by atoms with E-state index in [4.69, 9.17) is 21.1 Å². The molecule has 0 unspecified atom stereocenters. The molecule has 0 aliphatic carbocycles. The van der Waals surface area contributed by atoms with Crippen LogP contribution in [0.3, 0.4) is 0 Å². The lowest BCUT2D eigenvalue weighted by molar-refractivity contribution is -0.131. The predicted octanol–water partition coefficient (Wildman–Crippen LogP) is 3.72. The van der Waals surface area contributed by atoms with E-state index in [2.05, 4.69) is 10.1 Å². The van der Waals surface area contributed by atoms with Gasteiger partial charge >= 0.3 is 11.9 Å². The summed E-state index contributed by atoms with van der Waals surface area (Å²) in [6.45, 7) is 2.07. The molecule has 0 aliphatic heterocycles. The summed E-state index contributed by atoms with van der Waals surface area (Å²) in [4.78, 5) is 22.2. The first kappa shape index (κ1) is 22.3. The molecule has 0 saturated heterocycles. The molecule has 146 valence electrons. The third-order valence-corrected chi connectivity index (χ3v) is 3.23. The maximum Gasteiger partial charge on any atom is 0.339 e. The molecule has 0 radical (unpaired) electrons. The summed E-state index contributed by atoms with van der Waals surface area (Å²) < 4.78 is 14.7. The number of ether oxygens (including phenoxy) is 3. The first-order valence-electron chi connectivity index (χ1n) is 7.95. The summed E-state index contributed by atoms with van der Waals surface area (Å²) in [6.07, 6.45) is 0. The minimum atomic E-state index is -1.17. The largest absolute Gasteiger partial charge is 0.492 e. The minimum Gasteiger partial charge on any atom is -0.492 e. The van der Waals surface area contributed by atoms with E-state index in [-0.39, 0.29) is 11.3 Å². The molecule has 0 aliphatic rings. The Hall–Kier alpha value is -2.77. The van der Waals surface area contributed by atoms with E-state index in [0.29, 0.717) is 29.6 Å². The highest BCUT2D eigenvalue weighted by Gasteiger charge is 2.13. The molecule has 2 rings (SSSR count). The van der Waals surface area contributed by atoms with Gasteiger partial charge in [-0.1, -0.05) is 11.6 Å². The summed E-state index contributed by atoms with van der Waals surface area (Å²) in [5, 5.41) is 12.9. The van der Waals surface area contributed by atoms with Crippen molar-refractivity contribution < 1.29 is 28.9 Å². The number of carbonyl (C=O) groups is 2.